The van der Waals surface area contributed by atoms with Crippen molar-refractivity contribution in [3.8, 4) is 0 Å². The maximum atomic E-state index is 11.6. The highest BCUT2D eigenvalue weighted by Gasteiger charge is 2.25. The third-order valence-electron chi connectivity index (χ3n) is 2.20. The minimum absolute atomic E-state index is 0.0594. The van der Waals surface area contributed by atoms with Crippen LogP contribution >= 0.6 is 15.2 Å². The smallest absolute Gasteiger partial charge is 0.344 e. The molecule has 18 heavy (non-hydrogen) atoms. The molecule has 0 fully saturated rings. The minimum Gasteiger partial charge on any atom is -0.344 e. The molecule has 0 saturated carbocycles. The van der Waals surface area contributed by atoms with Crippen LogP contribution < -0.4 is 5.32 Å². The fourth-order valence-corrected chi connectivity index (χ4v) is 2.74. The molecule has 0 bridgehead atoms. The monoisotopic (exact) mass is 303 g/mol. The second-order valence-electron chi connectivity index (χ2n) is 3.18. The van der Waals surface area contributed by atoms with Crippen LogP contribution in [0.4, 0.5) is 0 Å². The Bertz CT molecular complexity index is 311. The van der Waals surface area contributed by atoms with E-state index in [1.165, 1.54) is 28.4 Å². The predicted octanol–water partition coefficient (Wildman–Crippen LogP) is 1.42. The van der Waals surface area contributed by atoms with E-state index in [1.54, 1.807) is 0 Å². The van der Waals surface area contributed by atoms with Crippen LogP contribution in [-0.4, -0.2) is 46.8 Å². The first-order valence-corrected chi connectivity index (χ1v) is 8.48. The molecule has 0 aliphatic carbocycles. The summed E-state index contributed by atoms with van der Waals surface area (Å²) >= 11 is 0. The molecular weight excluding hydrogens is 284 g/mol. The predicted molar refractivity (Wildman–Crippen MR) is 65.7 cm³/mol. The molecule has 0 unspecified atom stereocenters. The molecule has 10 heteroatoms. The molecule has 0 aromatic rings. The zero-order valence-electron chi connectivity index (χ0n) is 10.9. The number of carbonyl (C=O) groups excluding carboxylic acids is 1. The second kappa shape index (κ2) is 8.04. The van der Waals surface area contributed by atoms with Gasteiger partial charge in [-0.3, -0.25) is 13.9 Å². The molecule has 1 N–H and O–H groups in total. The van der Waals surface area contributed by atoms with Crippen LogP contribution in [0.3, 0.4) is 0 Å². The number of hydrogen-bond donors (Lipinski definition) is 1. The number of nitrogens with one attached hydrogen (secondary N) is 1. The van der Waals surface area contributed by atoms with Crippen LogP contribution in [0.5, 0.6) is 0 Å². The van der Waals surface area contributed by atoms with Crippen LogP contribution in [0.25, 0.3) is 0 Å². The Morgan fingerprint density at radius 1 is 0.944 bits per heavy atom. The summed E-state index contributed by atoms with van der Waals surface area (Å²) in [5.41, 5.74) is 0. The van der Waals surface area contributed by atoms with E-state index in [2.05, 4.69) is 23.4 Å². The molecule has 8 nitrogen and oxygen atoms in total. The Morgan fingerprint density at radius 2 is 1.39 bits per heavy atom. The summed E-state index contributed by atoms with van der Waals surface area (Å²) < 4.78 is 41.9. The van der Waals surface area contributed by atoms with Crippen LogP contribution in [0.1, 0.15) is 6.42 Å². The molecule has 0 heterocycles. The molecule has 0 aromatic heterocycles. The summed E-state index contributed by atoms with van der Waals surface area (Å²) in [6.07, 6.45) is -0.383. The molecule has 0 aliphatic rings. The van der Waals surface area contributed by atoms with E-state index >= 15 is 0 Å². The van der Waals surface area contributed by atoms with Gasteiger partial charge in [-0.15, -0.1) is 0 Å². The van der Waals surface area contributed by atoms with Crippen LogP contribution in [0.2, 0.25) is 0 Å². The molecule has 0 aromatic carbocycles. The van der Waals surface area contributed by atoms with Gasteiger partial charge in [-0.05, 0) is 0 Å². The largest absolute Gasteiger partial charge is 0.349 e. The summed E-state index contributed by atoms with van der Waals surface area (Å²) in [5, 5.41) is 2.36. The molecule has 0 aliphatic heterocycles. The SMILES string of the molecule is COP(=O)(CCC(=O)NCP(=O)(OC)OC)OC. The van der Waals surface area contributed by atoms with Crippen molar-refractivity contribution >= 4 is 21.1 Å². The van der Waals surface area contributed by atoms with Crippen molar-refractivity contribution in [2.75, 3.05) is 40.9 Å². The van der Waals surface area contributed by atoms with Gasteiger partial charge in [-0.1, -0.05) is 0 Å². The lowest BCUT2D eigenvalue weighted by Crippen LogP contribution is -2.25. The third kappa shape index (κ3) is 6.09. The quantitative estimate of drug-likeness (QED) is 0.643. The molecule has 0 rings (SSSR count). The fourth-order valence-electron chi connectivity index (χ4n) is 0.973. The van der Waals surface area contributed by atoms with E-state index < -0.39 is 21.1 Å². The third-order valence-corrected chi connectivity index (χ3v) is 5.74. The van der Waals surface area contributed by atoms with Gasteiger partial charge in [-0.25, -0.2) is 0 Å². The number of carbonyl (C=O) groups is 1. The molecule has 108 valence electrons. The van der Waals surface area contributed by atoms with Crippen molar-refractivity contribution in [3.05, 3.63) is 0 Å². The second-order valence-corrected chi connectivity index (χ2v) is 7.85. The van der Waals surface area contributed by atoms with Crippen molar-refractivity contribution in [2.24, 2.45) is 0 Å². The highest BCUT2D eigenvalue weighted by Crippen LogP contribution is 2.47. The Labute approximate surface area is 106 Å². The first-order valence-electron chi connectivity index (χ1n) is 5.02. The summed E-state index contributed by atoms with van der Waals surface area (Å²) in [5.74, 6) is -0.446. The van der Waals surface area contributed by atoms with E-state index in [4.69, 9.17) is 0 Å². The summed E-state index contributed by atoms with van der Waals surface area (Å²) in [6, 6.07) is 0. The van der Waals surface area contributed by atoms with Crippen LogP contribution in [-0.2, 0) is 32.0 Å². The van der Waals surface area contributed by atoms with E-state index in [9.17, 15) is 13.9 Å². The average Bonchev–Trinajstić information content (AvgIpc) is 2.42. The highest BCUT2D eigenvalue weighted by atomic mass is 31.2. The zero-order valence-corrected chi connectivity index (χ0v) is 12.7. The molecule has 0 atom stereocenters. The van der Waals surface area contributed by atoms with Crippen molar-refractivity contribution in [2.45, 2.75) is 6.42 Å². The molecular formula is C8H19NO7P2. The molecule has 0 radical (unpaired) electrons. The topological polar surface area (TPSA) is 100 Å². The average molecular weight is 303 g/mol. The number of rotatable bonds is 9. The van der Waals surface area contributed by atoms with Gasteiger partial charge in [0, 0.05) is 34.9 Å². The van der Waals surface area contributed by atoms with E-state index in [-0.39, 0.29) is 18.9 Å². The van der Waals surface area contributed by atoms with E-state index in [0.29, 0.717) is 0 Å². The van der Waals surface area contributed by atoms with Gasteiger partial charge < -0.3 is 23.4 Å². The number of hydrogen-bond acceptors (Lipinski definition) is 7. The lowest BCUT2D eigenvalue weighted by atomic mass is 10.5. The Balaban J connectivity index is 4.14. The summed E-state index contributed by atoms with van der Waals surface area (Å²) in [6.45, 7) is 0. The van der Waals surface area contributed by atoms with Crippen molar-refractivity contribution in [3.63, 3.8) is 0 Å². The first kappa shape index (κ1) is 17.8. The Kier molecular flexibility index (Phi) is 7.94. The molecule has 0 saturated heterocycles. The lowest BCUT2D eigenvalue weighted by molar-refractivity contribution is -0.120. The van der Waals surface area contributed by atoms with Crippen molar-refractivity contribution in [1.82, 2.24) is 5.32 Å². The van der Waals surface area contributed by atoms with Gasteiger partial charge in [0.2, 0.25) is 5.91 Å². The fraction of sp³-hybridized carbons (Fsp3) is 0.875. The zero-order chi connectivity index (χ0) is 14.2. The summed E-state index contributed by atoms with van der Waals surface area (Å²) in [7, 11) is -1.55. The summed E-state index contributed by atoms with van der Waals surface area (Å²) in [4.78, 5) is 11.4. The Morgan fingerprint density at radius 3 is 1.78 bits per heavy atom. The van der Waals surface area contributed by atoms with Gasteiger partial charge in [0.25, 0.3) is 0 Å². The van der Waals surface area contributed by atoms with Crippen LogP contribution in [0, 0.1) is 0 Å². The first-order chi connectivity index (χ1) is 8.34. The standard InChI is InChI=1S/C8H19NO7P2/c1-13-17(11,14-2)6-5-8(10)9-7-18(12,15-3)16-4/h5-7H2,1-4H3,(H,9,10). The van der Waals surface area contributed by atoms with Gasteiger partial charge in [0.1, 0.15) is 6.29 Å². The van der Waals surface area contributed by atoms with E-state index in [1.807, 2.05) is 0 Å². The van der Waals surface area contributed by atoms with Crippen molar-refractivity contribution in [1.29, 1.82) is 0 Å². The van der Waals surface area contributed by atoms with E-state index in [0.717, 1.165) is 0 Å². The highest BCUT2D eigenvalue weighted by molar-refractivity contribution is 7.54. The van der Waals surface area contributed by atoms with Crippen molar-refractivity contribution < 1.29 is 32.0 Å². The molecule has 1 amide bonds. The lowest BCUT2D eigenvalue weighted by Gasteiger charge is -2.15. The van der Waals surface area contributed by atoms with Gasteiger partial charge >= 0.3 is 15.2 Å². The van der Waals surface area contributed by atoms with Gasteiger partial charge in [-0.2, -0.15) is 0 Å². The molecule has 0 spiro atoms. The maximum absolute atomic E-state index is 11.6. The number of amides is 1. The Hall–Kier alpha value is -0.230. The maximum Gasteiger partial charge on any atom is 0.349 e. The van der Waals surface area contributed by atoms with Gasteiger partial charge in [0.15, 0.2) is 0 Å². The normalized spacial score (nSPS) is 12.4. The van der Waals surface area contributed by atoms with Gasteiger partial charge in [0.05, 0.1) is 6.16 Å². The minimum atomic E-state index is -3.28. The van der Waals surface area contributed by atoms with Crippen LogP contribution in [0.15, 0.2) is 0 Å².